The number of hydrogen-bond donors (Lipinski definition) is 1. The third-order valence-electron chi connectivity index (χ3n) is 2.50. The second-order valence-electron chi connectivity index (χ2n) is 3.85. The highest BCUT2D eigenvalue weighted by atomic mass is 32.1. The molecule has 0 unspecified atom stereocenters. The van der Waals surface area contributed by atoms with Gasteiger partial charge in [-0.15, -0.1) is 0 Å². The van der Waals surface area contributed by atoms with E-state index in [1.165, 1.54) is 0 Å². The van der Waals surface area contributed by atoms with Crippen molar-refractivity contribution in [3.05, 3.63) is 60.7 Å². The van der Waals surface area contributed by atoms with Crippen molar-refractivity contribution in [3.8, 4) is 6.07 Å². The molecule has 0 saturated carbocycles. The molecule has 0 aliphatic rings. The van der Waals surface area contributed by atoms with Gasteiger partial charge in [-0.05, 0) is 36.5 Å². The molecule has 0 aliphatic carbocycles. The van der Waals surface area contributed by atoms with E-state index < -0.39 is 0 Å². The summed E-state index contributed by atoms with van der Waals surface area (Å²) in [5, 5.41) is 10.5. The number of ether oxygens (including phenoxy) is 1. The van der Waals surface area contributed by atoms with E-state index in [0.29, 0.717) is 0 Å². The second kappa shape index (κ2) is 7.12. The number of rotatable bonds is 4. The zero-order chi connectivity index (χ0) is 14.2. The van der Waals surface area contributed by atoms with Crippen LogP contribution >= 0.6 is 12.2 Å². The van der Waals surface area contributed by atoms with Crippen LogP contribution in [0.2, 0.25) is 0 Å². The summed E-state index contributed by atoms with van der Waals surface area (Å²) in [6.07, 6.45) is 0. The Balaban J connectivity index is 2.22. The largest absolute Gasteiger partial charge is 0.454 e. The number of thiocarbonyl (C=S) groups is 1. The molecule has 0 amide bonds. The van der Waals surface area contributed by atoms with Crippen molar-refractivity contribution in [1.82, 2.24) is 5.43 Å². The molecule has 0 fully saturated rings. The highest BCUT2D eigenvalue weighted by molar-refractivity contribution is 7.80. The zero-order valence-electron chi connectivity index (χ0n) is 10.7. The molecule has 2 aromatic rings. The molecule has 20 heavy (non-hydrogen) atoms. The standard InChI is InChI=1S/C15H13N3OS/c16-11-12-19-15(20)17-18(13-7-3-1-4-8-13)14-9-5-2-6-10-14/h1-10H,12H2,(H,17,20). The van der Waals surface area contributed by atoms with E-state index in [1.807, 2.05) is 66.7 Å². The van der Waals surface area contributed by atoms with Gasteiger partial charge in [0, 0.05) is 0 Å². The maximum absolute atomic E-state index is 8.51. The fourth-order valence-electron chi connectivity index (χ4n) is 1.65. The molecule has 0 saturated heterocycles. The first-order valence-electron chi connectivity index (χ1n) is 6.02. The fourth-order valence-corrected chi connectivity index (χ4v) is 1.80. The predicted octanol–water partition coefficient (Wildman–Crippen LogP) is 3.15. The van der Waals surface area contributed by atoms with Gasteiger partial charge in [-0.3, -0.25) is 10.4 Å². The third-order valence-corrected chi connectivity index (χ3v) is 2.71. The summed E-state index contributed by atoms with van der Waals surface area (Å²) in [6, 6.07) is 21.3. The van der Waals surface area contributed by atoms with Gasteiger partial charge in [0.1, 0.15) is 6.07 Å². The zero-order valence-corrected chi connectivity index (χ0v) is 11.5. The van der Waals surface area contributed by atoms with Crippen molar-refractivity contribution in [2.75, 3.05) is 11.6 Å². The molecule has 0 atom stereocenters. The molecule has 0 aliphatic heterocycles. The lowest BCUT2D eigenvalue weighted by atomic mass is 10.2. The maximum atomic E-state index is 8.51. The first kappa shape index (κ1) is 13.8. The Kier molecular flexibility index (Phi) is 4.93. The van der Waals surface area contributed by atoms with Crippen molar-refractivity contribution >= 4 is 28.8 Å². The van der Waals surface area contributed by atoms with Crippen LogP contribution in [0.4, 0.5) is 11.4 Å². The lowest BCUT2D eigenvalue weighted by molar-refractivity contribution is 0.348. The Morgan fingerprint density at radius 2 is 1.55 bits per heavy atom. The van der Waals surface area contributed by atoms with E-state index in [-0.39, 0.29) is 11.8 Å². The molecule has 0 bridgehead atoms. The summed E-state index contributed by atoms with van der Waals surface area (Å²) in [5.41, 5.74) is 4.81. The molecule has 0 radical (unpaired) electrons. The topological polar surface area (TPSA) is 48.3 Å². The van der Waals surface area contributed by atoms with Crippen LogP contribution in [0.1, 0.15) is 0 Å². The molecule has 0 aromatic heterocycles. The van der Waals surface area contributed by atoms with E-state index in [9.17, 15) is 0 Å². The average molecular weight is 283 g/mol. The summed E-state index contributed by atoms with van der Waals surface area (Å²) >= 11 is 5.07. The molecule has 4 nitrogen and oxygen atoms in total. The molecule has 5 heteroatoms. The molecule has 2 rings (SSSR count). The van der Waals surface area contributed by atoms with Crippen molar-refractivity contribution < 1.29 is 4.74 Å². The molecule has 0 heterocycles. The summed E-state index contributed by atoms with van der Waals surface area (Å²) in [7, 11) is 0. The van der Waals surface area contributed by atoms with Gasteiger partial charge < -0.3 is 4.74 Å². The molecular weight excluding hydrogens is 270 g/mol. The third kappa shape index (κ3) is 3.70. The van der Waals surface area contributed by atoms with E-state index in [1.54, 1.807) is 5.01 Å². The van der Waals surface area contributed by atoms with Crippen LogP contribution in [0.25, 0.3) is 0 Å². The predicted molar refractivity (Wildman–Crippen MR) is 82.3 cm³/mol. The van der Waals surface area contributed by atoms with Crippen LogP contribution in [0.3, 0.4) is 0 Å². The Morgan fingerprint density at radius 3 is 2.00 bits per heavy atom. The molecule has 100 valence electrons. The van der Waals surface area contributed by atoms with Crippen LogP contribution in [0.5, 0.6) is 0 Å². The summed E-state index contributed by atoms with van der Waals surface area (Å²) in [4.78, 5) is 0. The highest BCUT2D eigenvalue weighted by Crippen LogP contribution is 2.22. The van der Waals surface area contributed by atoms with Gasteiger partial charge in [0.15, 0.2) is 6.61 Å². The van der Waals surface area contributed by atoms with Crippen molar-refractivity contribution in [2.24, 2.45) is 0 Å². The summed E-state index contributed by atoms with van der Waals surface area (Å²) in [6.45, 7) is -0.0801. The number of benzene rings is 2. The molecule has 2 aromatic carbocycles. The average Bonchev–Trinajstić information content (AvgIpc) is 2.52. The molecular formula is C15H13N3OS. The van der Waals surface area contributed by atoms with Crippen molar-refractivity contribution in [2.45, 2.75) is 0 Å². The Bertz CT molecular complexity index is 556. The Hall–Kier alpha value is -2.58. The minimum atomic E-state index is -0.0801. The number of anilines is 2. The van der Waals surface area contributed by atoms with Crippen molar-refractivity contribution in [1.29, 1.82) is 5.26 Å². The van der Waals surface area contributed by atoms with Crippen LogP contribution in [-0.4, -0.2) is 11.8 Å². The van der Waals surface area contributed by atoms with Gasteiger partial charge in [0.25, 0.3) is 5.17 Å². The minimum absolute atomic E-state index is 0.0801. The van der Waals surface area contributed by atoms with E-state index in [2.05, 4.69) is 5.43 Å². The maximum Gasteiger partial charge on any atom is 0.277 e. The van der Waals surface area contributed by atoms with Crippen LogP contribution in [0.15, 0.2) is 60.7 Å². The smallest absolute Gasteiger partial charge is 0.277 e. The Labute approximate surface area is 123 Å². The number of hydrazine groups is 1. The molecule has 1 N–H and O–H groups in total. The van der Waals surface area contributed by atoms with Gasteiger partial charge >= 0.3 is 0 Å². The first-order valence-corrected chi connectivity index (χ1v) is 6.42. The SMILES string of the molecule is N#CCOC(=S)NN(c1ccccc1)c1ccccc1. The van der Waals surface area contributed by atoms with E-state index >= 15 is 0 Å². The van der Waals surface area contributed by atoms with Gasteiger partial charge in [0.05, 0.1) is 11.4 Å². The van der Waals surface area contributed by atoms with Gasteiger partial charge in [-0.1, -0.05) is 36.4 Å². The monoisotopic (exact) mass is 283 g/mol. The number of para-hydroxylation sites is 2. The second-order valence-corrected chi connectivity index (χ2v) is 4.22. The minimum Gasteiger partial charge on any atom is -0.454 e. The van der Waals surface area contributed by atoms with Crippen LogP contribution in [0, 0.1) is 11.3 Å². The quantitative estimate of drug-likeness (QED) is 0.690. The van der Waals surface area contributed by atoms with E-state index in [0.717, 1.165) is 11.4 Å². The number of nitrogens with zero attached hydrogens (tertiary/aromatic N) is 2. The van der Waals surface area contributed by atoms with Crippen molar-refractivity contribution in [3.63, 3.8) is 0 Å². The number of hydrogen-bond acceptors (Lipinski definition) is 4. The first-order chi connectivity index (χ1) is 9.81. The van der Waals surface area contributed by atoms with E-state index in [4.69, 9.17) is 22.2 Å². The van der Waals surface area contributed by atoms with Gasteiger partial charge in [-0.25, -0.2) is 0 Å². The summed E-state index contributed by atoms with van der Waals surface area (Å²) < 4.78 is 5.08. The Morgan fingerprint density at radius 1 is 1.05 bits per heavy atom. The van der Waals surface area contributed by atoms with Crippen LogP contribution in [-0.2, 0) is 4.74 Å². The van der Waals surface area contributed by atoms with Gasteiger partial charge in [-0.2, -0.15) is 5.26 Å². The number of nitrogens with one attached hydrogen (secondary N) is 1. The molecule has 0 spiro atoms. The normalized spacial score (nSPS) is 9.35. The fraction of sp³-hybridized carbons (Fsp3) is 0.0667. The lowest BCUT2D eigenvalue weighted by Crippen LogP contribution is -2.39. The summed E-state index contributed by atoms with van der Waals surface area (Å²) in [5.74, 6) is 0. The highest BCUT2D eigenvalue weighted by Gasteiger charge is 2.10. The lowest BCUT2D eigenvalue weighted by Gasteiger charge is -2.26. The number of nitriles is 1. The van der Waals surface area contributed by atoms with Crippen LogP contribution < -0.4 is 10.4 Å². The van der Waals surface area contributed by atoms with Gasteiger partial charge in [0.2, 0.25) is 0 Å².